The maximum Gasteiger partial charge on any atom is 0.261 e. The van der Waals surface area contributed by atoms with Crippen LogP contribution in [0, 0.1) is 5.92 Å². The minimum absolute atomic E-state index is 0.0919. The smallest absolute Gasteiger partial charge is 0.261 e. The molecule has 138 valence electrons. The molecule has 4 nitrogen and oxygen atoms in total. The highest BCUT2D eigenvalue weighted by molar-refractivity contribution is 5.76. The van der Waals surface area contributed by atoms with E-state index in [1.165, 1.54) is 24.0 Å². The van der Waals surface area contributed by atoms with E-state index in [2.05, 4.69) is 34.1 Å². The first-order valence-corrected chi connectivity index (χ1v) is 10.0. The number of likely N-dealkylation sites (tertiary alicyclic amines) is 1. The highest BCUT2D eigenvalue weighted by Crippen LogP contribution is 2.29. The summed E-state index contributed by atoms with van der Waals surface area (Å²) in [5.41, 5.74) is 3.93. The summed E-state index contributed by atoms with van der Waals surface area (Å²) < 4.78 is 1.81. The summed E-state index contributed by atoms with van der Waals surface area (Å²) in [6.07, 6.45) is 6.42. The lowest BCUT2D eigenvalue weighted by Crippen LogP contribution is -2.43. The molecule has 4 heteroatoms. The molecule has 1 saturated heterocycles. The largest absolute Gasteiger partial charge is 0.300 e. The van der Waals surface area contributed by atoms with E-state index < -0.39 is 0 Å². The van der Waals surface area contributed by atoms with Crippen molar-refractivity contribution >= 4 is 10.9 Å². The first-order valence-electron chi connectivity index (χ1n) is 10.0. The second-order valence-electron chi connectivity index (χ2n) is 8.03. The Labute approximate surface area is 159 Å². The summed E-state index contributed by atoms with van der Waals surface area (Å²) in [6, 6.07) is 17.1. The van der Waals surface area contributed by atoms with Crippen LogP contribution in [-0.4, -0.2) is 33.6 Å². The lowest BCUT2D eigenvalue weighted by atomic mass is 9.95. The molecule has 1 aliphatic carbocycles. The molecule has 0 spiro atoms. The fraction of sp³-hybridized carbons (Fsp3) is 0.391. The average molecular weight is 359 g/mol. The molecule has 0 unspecified atom stereocenters. The highest BCUT2D eigenvalue weighted by Gasteiger charge is 2.29. The lowest BCUT2D eigenvalue weighted by Gasteiger charge is -2.36. The summed E-state index contributed by atoms with van der Waals surface area (Å²) in [7, 11) is 0. The van der Waals surface area contributed by atoms with Crippen molar-refractivity contribution in [3.63, 3.8) is 0 Å². The quantitative estimate of drug-likeness (QED) is 0.720. The Kier molecular flexibility index (Phi) is 4.29. The van der Waals surface area contributed by atoms with E-state index in [-0.39, 0.29) is 5.56 Å². The van der Waals surface area contributed by atoms with Crippen molar-refractivity contribution < 1.29 is 0 Å². The van der Waals surface area contributed by atoms with Crippen molar-refractivity contribution in [1.29, 1.82) is 0 Å². The Morgan fingerprint density at radius 3 is 2.33 bits per heavy atom. The second kappa shape index (κ2) is 6.93. The number of rotatable bonds is 3. The molecule has 1 fully saturated rings. The zero-order valence-corrected chi connectivity index (χ0v) is 15.6. The maximum absolute atomic E-state index is 12.7. The molecule has 0 atom stereocenters. The van der Waals surface area contributed by atoms with Gasteiger partial charge in [-0.2, -0.15) is 0 Å². The Balaban J connectivity index is 1.23. The second-order valence-corrected chi connectivity index (χ2v) is 8.03. The lowest BCUT2D eigenvalue weighted by molar-refractivity contribution is 0.128. The topological polar surface area (TPSA) is 38.1 Å². The number of fused-ring (bicyclic) bond motifs is 2. The standard InChI is InChI=1S/C23H25N3O/c27-23-21-7-3-4-8-22(21)24-16-26(23)15-17-9-11-25(12-10-17)20-13-18-5-1-2-6-19(18)14-20/h1-8,16-17,20H,9-15H2. The van der Waals surface area contributed by atoms with Gasteiger partial charge in [0.05, 0.1) is 17.2 Å². The molecule has 27 heavy (non-hydrogen) atoms. The van der Waals surface area contributed by atoms with Crippen molar-refractivity contribution in [1.82, 2.24) is 14.5 Å². The summed E-state index contributed by atoms with van der Waals surface area (Å²) in [4.78, 5) is 19.8. The molecule has 1 aromatic heterocycles. The van der Waals surface area contributed by atoms with Gasteiger partial charge in [0.15, 0.2) is 0 Å². The average Bonchev–Trinajstić information content (AvgIpc) is 3.15. The van der Waals surface area contributed by atoms with Crippen LogP contribution in [0.4, 0.5) is 0 Å². The van der Waals surface area contributed by atoms with Crippen LogP contribution in [0.1, 0.15) is 24.0 Å². The third-order valence-electron chi connectivity index (χ3n) is 6.38. The van der Waals surface area contributed by atoms with Gasteiger partial charge >= 0.3 is 0 Å². The van der Waals surface area contributed by atoms with E-state index in [0.717, 1.165) is 43.4 Å². The van der Waals surface area contributed by atoms with Gasteiger partial charge in [-0.15, -0.1) is 0 Å². The molecule has 2 heterocycles. The van der Waals surface area contributed by atoms with Gasteiger partial charge in [0, 0.05) is 12.6 Å². The third-order valence-corrected chi connectivity index (χ3v) is 6.38. The van der Waals surface area contributed by atoms with E-state index in [0.29, 0.717) is 12.0 Å². The predicted molar refractivity (Wildman–Crippen MR) is 108 cm³/mol. The van der Waals surface area contributed by atoms with Gasteiger partial charge in [-0.3, -0.25) is 14.3 Å². The predicted octanol–water partition coefficient (Wildman–Crippen LogP) is 3.28. The van der Waals surface area contributed by atoms with Crippen LogP contribution < -0.4 is 5.56 Å². The number of para-hydroxylation sites is 1. The molecular formula is C23H25N3O. The first kappa shape index (κ1) is 16.7. The maximum atomic E-state index is 12.7. The van der Waals surface area contributed by atoms with E-state index in [9.17, 15) is 4.79 Å². The normalized spacial score (nSPS) is 18.8. The number of hydrogen-bond acceptors (Lipinski definition) is 3. The molecule has 5 rings (SSSR count). The number of nitrogens with zero attached hydrogens (tertiary/aromatic N) is 3. The first-order chi connectivity index (χ1) is 13.3. The summed E-state index contributed by atoms with van der Waals surface area (Å²) in [5, 5.41) is 0.723. The highest BCUT2D eigenvalue weighted by atomic mass is 16.1. The minimum atomic E-state index is 0.0919. The SMILES string of the molecule is O=c1c2ccccc2ncn1CC1CCN(C2Cc3ccccc3C2)CC1. The number of benzene rings is 2. The molecule has 0 bridgehead atoms. The van der Waals surface area contributed by atoms with Crippen LogP contribution in [0.3, 0.4) is 0 Å². The van der Waals surface area contributed by atoms with Crippen LogP contribution in [0.5, 0.6) is 0 Å². The molecule has 1 aliphatic heterocycles. The zero-order chi connectivity index (χ0) is 18.2. The number of piperidine rings is 1. The van der Waals surface area contributed by atoms with Gasteiger partial charge in [0.2, 0.25) is 0 Å². The number of hydrogen-bond donors (Lipinski definition) is 0. The molecule has 3 aromatic rings. The Hall–Kier alpha value is -2.46. The summed E-state index contributed by atoms with van der Waals surface area (Å²) in [6.45, 7) is 3.06. The van der Waals surface area contributed by atoms with E-state index in [1.807, 2.05) is 28.8 Å². The fourth-order valence-corrected chi connectivity index (χ4v) is 4.81. The van der Waals surface area contributed by atoms with Crippen molar-refractivity contribution in [2.45, 2.75) is 38.3 Å². The van der Waals surface area contributed by atoms with Crippen molar-refractivity contribution in [2.24, 2.45) is 5.92 Å². The molecule has 0 amide bonds. The van der Waals surface area contributed by atoms with Crippen molar-refractivity contribution in [3.8, 4) is 0 Å². The monoisotopic (exact) mass is 359 g/mol. The van der Waals surface area contributed by atoms with Crippen molar-refractivity contribution in [2.75, 3.05) is 13.1 Å². The van der Waals surface area contributed by atoms with E-state index in [1.54, 1.807) is 6.33 Å². The van der Waals surface area contributed by atoms with Crippen LogP contribution in [0.25, 0.3) is 10.9 Å². The Morgan fingerprint density at radius 1 is 0.926 bits per heavy atom. The van der Waals surface area contributed by atoms with E-state index >= 15 is 0 Å². The molecule has 0 radical (unpaired) electrons. The van der Waals surface area contributed by atoms with Gasteiger partial charge in [0.25, 0.3) is 5.56 Å². The molecule has 0 N–H and O–H groups in total. The van der Waals surface area contributed by atoms with Gasteiger partial charge in [0.1, 0.15) is 0 Å². The summed E-state index contributed by atoms with van der Waals surface area (Å²) in [5.74, 6) is 0.561. The van der Waals surface area contributed by atoms with Crippen LogP contribution in [-0.2, 0) is 19.4 Å². The zero-order valence-electron chi connectivity index (χ0n) is 15.6. The van der Waals surface area contributed by atoms with Gasteiger partial charge in [-0.05, 0) is 68.0 Å². The van der Waals surface area contributed by atoms with E-state index in [4.69, 9.17) is 0 Å². The van der Waals surface area contributed by atoms with Crippen molar-refractivity contribution in [3.05, 3.63) is 76.3 Å². The molecule has 2 aliphatic rings. The fourth-order valence-electron chi connectivity index (χ4n) is 4.81. The van der Waals surface area contributed by atoms with Crippen LogP contribution in [0.2, 0.25) is 0 Å². The Morgan fingerprint density at radius 2 is 1.59 bits per heavy atom. The molecule has 0 saturated carbocycles. The Bertz CT molecular complexity index is 992. The third kappa shape index (κ3) is 3.19. The van der Waals surface area contributed by atoms with Gasteiger partial charge in [-0.1, -0.05) is 36.4 Å². The minimum Gasteiger partial charge on any atom is -0.300 e. The molecular weight excluding hydrogens is 334 g/mol. The summed E-state index contributed by atoms with van der Waals surface area (Å²) >= 11 is 0. The van der Waals surface area contributed by atoms with Crippen LogP contribution in [0.15, 0.2) is 59.7 Å². The number of aromatic nitrogens is 2. The van der Waals surface area contributed by atoms with Gasteiger partial charge in [-0.25, -0.2) is 4.98 Å². The van der Waals surface area contributed by atoms with Crippen LogP contribution >= 0.6 is 0 Å². The van der Waals surface area contributed by atoms with Gasteiger partial charge < -0.3 is 0 Å². The molecule has 2 aromatic carbocycles.